The van der Waals surface area contributed by atoms with Gasteiger partial charge in [-0.15, -0.1) is 10.2 Å². The Morgan fingerprint density at radius 3 is 2.80 bits per heavy atom. The van der Waals surface area contributed by atoms with Gasteiger partial charge in [-0.2, -0.15) is 0 Å². The number of anilines is 1. The first-order valence-corrected chi connectivity index (χ1v) is 10.5. The van der Waals surface area contributed by atoms with Crippen molar-refractivity contribution < 1.29 is 13.9 Å². The summed E-state index contributed by atoms with van der Waals surface area (Å²) in [6.07, 6.45) is 1.63. The molecule has 4 rings (SSSR count). The van der Waals surface area contributed by atoms with Crippen LogP contribution >= 0.6 is 11.8 Å². The van der Waals surface area contributed by atoms with Gasteiger partial charge in [0.1, 0.15) is 5.76 Å². The molecule has 4 aromatic rings. The van der Waals surface area contributed by atoms with Crippen LogP contribution < -0.4 is 5.32 Å². The van der Waals surface area contributed by atoms with Gasteiger partial charge in [-0.05, 0) is 24.4 Å². The largest absolute Gasteiger partial charge is 0.469 e. The number of benzene rings is 2. The van der Waals surface area contributed by atoms with Gasteiger partial charge in [0.15, 0.2) is 11.0 Å². The Labute approximate surface area is 178 Å². The van der Waals surface area contributed by atoms with Crippen LogP contribution in [0.4, 0.5) is 5.69 Å². The van der Waals surface area contributed by atoms with Crippen LogP contribution in [0.25, 0.3) is 22.2 Å². The number of fused-ring (bicyclic) bond motifs is 1. The molecular weight excluding hydrogens is 400 g/mol. The number of aromatic nitrogens is 3. The second kappa shape index (κ2) is 9.15. The number of hydrogen-bond acceptors (Lipinski definition) is 6. The SMILES string of the molecule is COCCn1c(SCC(=O)Nc2cccc3ccccc23)nnc1-c1ccoc1C. The number of amides is 1. The highest BCUT2D eigenvalue weighted by molar-refractivity contribution is 7.99. The topological polar surface area (TPSA) is 82.2 Å². The van der Waals surface area contributed by atoms with E-state index in [0.717, 1.165) is 27.8 Å². The van der Waals surface area contributed by atoms with Crippen molar-refractivity contribution in [2.75, 3.05) is 24.8 Å². The van der Waals surface area contributed by atoms with E-state index in [4.69, 9.17) is 9.15 Å². The third kappa shape index (κ3) is 4.24. The molecule has 2 aromatic carbocycles. The van der Waals surface area contributed by atoms with Crippen LogP contribution in [0.2, 0.25) is 0 Å². The van der Waals surface area contributed by atoms with E-state index in [2.05, 4.69) is 15.5 Å². The summed E-state index contributed by atoms with van der Waals surface area (Å²) in [6, 6.07) is 15.7. The van der Waals surface area contributed by atoms with Gasteiger partial charge in [0.25, 0.3) is 0 Å². The summed E-state index contributed by atoms with van der Waals surface area (Å²) in [7, 11) is 1.65. The van der Waals surface area contributed by atoms with E-state index in [9.17, 15) is 4.79 Å². The van der Waals surface area contributed by atoms with Crippen LogP contribution in [-0.2, 0) is 16.1 Å². The van der Waals surface area contributed by atoms with Gasteiger partial charge in [0.2, 0.25) is 5.91 Å². The molecule has 2 aromatic heterocycles. The van der Waals surface area contributed by atoms with Crippen molar-refractivity contribution in [1.82, 2.24) is 14.8 Å². The van der Waals surface area contributed by atoms with Crippen LogP contribution in [0, 0.1) is 6.92 Å². The number of rotatable bonds is 8. The fourth-order valence-corrected chi connectivity index (χ4v) is 4.01. The summed E-state index contributed by atoms with van der Waals surface area (Å²) in [4.78, 5) is 12.6. The number of nitrogens with zero attached hydrogens (tertiary/aromatic N) is 3. The van der Waals surface area contributed by atoms with Gasteiger partial charge in [-0.25, -0.2) is 0 Å². The third-order valence-corrected chi connectivity index (χ3v) is 5.70. The number of carbonyl (C=O) groups excluding carboxylic acids is 1. The Kier molecular flexibility index (Phi) is 6.15. The zero-order valence-corrected chi connectivity index (χ0v) is 17.6. The maximum Gasteiger partial charge on any atom is 0.234 e. The standard InChI is InChI=1S/C22H22N4O3S/c1-15-17(10-12-29-15)21-24-25-22(26(21)11-13-28-2)30-14-20(27)23-19-9-5-7-16-6-3-4-8-18(16)19/h3-10,12H,11,13-14H2,1-2H3,(H,23,27). The van der Waals surface area contributed by atoms with Crippen molar-refractivity contribution in [2.45, 2.75) is 18.6 Å². The zero-order valence-electron chi connectivity index (χ0n) is 16.8. The Hall–Kier alpha value is -3.10. The predicted octanol–water partition coefficient (Wildman–Crippen LogP) is 4.38. The molecule has 0 atom stereocenters. The first kappa shape index (κ1) is 20.2. The second-order valence-electron chi connectivity index (χ2n) is 6.70. The monoisotopic (exact) mass is 422 g/mol. The number of ether oxygens (including phenoxy) is 1. The van der Waals surface area contributed by atoms with Gasteiger partial charge in [-0.1, -0.05) is 48.2 Å². The Morgan fingerprint density at radius 1 is 1.17 bits per heavy atom. The van der Waals surface area contributed by atoms with Crippen molar-refractivity contribution in [3.05, 3.63) is 60.6 Å². The maximum absolute atomic E-state index is 12.6. The molecule has 0 aliphatic heterocycles. The van der Waals surface area contributed by atoms with Crippen molar-refractivity contribution in [3.8, 4) is 11.4 Å². The molecule has 0 bridgehead atoms. The number of aryl methyl sites for hydroxylation is 1. The normalized spacial score (nSPS) is 11.1. The minimum atomic E-state index is -0.0984. The number of thioether (sulfide) groups is 1. The lowest BCUT2D eigenvalue weighted by atomic mass is 10.1. The van der Waals surface area contributed by atoms with Crippen molar-refractivity contribution >= 4 is 34.1 Å². The molecule has 0 saturated heterocycles. The molecule has 0 aliphatic rings. The average molecular weight is 423 g/mol. The fourth-order valence-electron chi connectivity index (χ4n) is 3.25. The fraction of sp³-hybridized carbons (Fsp3) is 0.227. The molecule has 8 heteroatoms. The Balaban J connectivity index is 1.49. The molecule has 1 N–H and O–H groups in total. The van der Waals surface area contributed by atoms with Crippen LogP contribution in [0.15, 0.2) is 64.4 Å². The number of carbonyl (C=O) groups is 1. The zero-order chi connectivity index (χ0) is 20.9. The first-order chi connectivity index (χ1) is 14.7. The summed E-state index contributed by atoms with van der Waals surface area (Å²) in [6.45, 7) is 2.98. The second-order valence-corrected chi connectivity index (χ2v) is 7.65. The molecule has 0 aliphatic carbocycles. The number of furan rings is 1. The van der Waals surface area contributed by atoms with E-state index in [0.29, 0.717) is 24.1 Å². The summed E-state index contributed by atoms with van der Waals surface area (Å²) >= 11 is 1.35. The maximum atomic E-state index is 12.6. The average Bonchev–Trinajstić information content (AvgIpc) is 3.36. The minimum Gasteiger partial charge on any atom is -0.469 e. The highest BCUT2D eigenvalue weighted by Crippen LogP contribution is 2.28. The molecule has 0 saturated carbocycles. The van der Waals surface area contributed by atoms with Crippen LogP contribution in [0.5, 0.6) is 0 Å². The quantitative estimate of drug-likeness (QED) is 0.425. The summed E-state index contributed by atoms with van der Waals surface area (Å²) < 4.78 is 12.6. The van der Waals surface area contributed by atoms with Crippen molar-refractivity contribution in [1.29, 1.82) is 0 Å². The van der Waals surface area contributed by atoms with Gasteiger partial charge < -0.3 is 14.5 Å². The lowest BCUT2D eigenvalue weighted by molar-refractivity contribution is -0.113. The lowest BCUT2D eigenvalue weighted by Gasteiger charge is -2.10. The highest BCUT2D eigenvalue weighted by atomic mass is 32.2. The number of hydrogen-bond donors (Lipinski definition) is 1. The molecular formula is C22H22N4O3S. The van der Waals surface area contributed by atoms with E-state index >= 15 is 0 Å². The lowest BCUT2D eigenvalue weighted by Crippen LogP contribution is -2.15. The molecule has 154 valence electrons. The van der Waals surface area contributed by atoms with Gasteiger partial charge >= 0.3 is 0 Å². The summed E-state index contributed by atoms with van der Waals surface area (Å²) in [5.41, 5.74) is 1.68. The summed E-state index contributed by atoms with van der Waals surface area (Å²) in [5.74, 6) is 1.60. The summed E-state index contributed by atoms with van der Waals surface area (Å²) in [5, 5.41) is 14.4. The van der Waals surface area contributed by atoms with Crippen molar-refractivity contribution in [2.24, 2.45) is 0 Å². The molecule has 0 unspecified atom stereocenters. The smallest absolute Gasteiger partial charge is 0.234 e. The molecule has 30 heavy (non-hydrogen) atoms. The van der Waals surface area contributed by atoms with E-state index in [1.807, 2.05) is 60.0 Å². The number of nitrogens with one attached hydrogen (secondary N) is 1. The molecule has 2 heterocycles. The van der Waals surface area contributed by atoms with Crippen LogP contribution in [0.3, 0.4) is 0 Å². The highest BCUT2D eigenvalue weighted by Gasteiger charge is 2.18. The Morgan fingerprint density at radius 2 is 2.00 bits per heavy atom. The van der Waals surface area contributed by atoms with E-state index in [1.165, 1.54) is 11.8 Å². The van der Waals surface area contributed by atoms with Crippen LogP contribution in [-0.4, -0.2) is 40.1 Å². The van der Waals surface area contributed by atoms with Gasteiger partial charge in [0.05, 0.1) is 30.7 Å². The van der Waals surface area contributed by atoms with E-state index in [1.54, 1.807) is 13.4 Å². The van der Waals surface area contributed by atoms with Crippen LogP contribution in [0.1, 0.15) is 5.76 Å². The van der Waals surface area contributed by atoms with E-state index in [-0.39, 0.29) is 11.7 Å². The van der Waals surface area contributed by atoms with Gasteiger partial charge in [0, 0.05) is 18.2 Å². The van der Waals surface area contributed by atoms with E-state index < -0.39 is 0 Å². The molecule has 1 amide bonds. The van der Waals surface area contributed by atoms with Gasteiger partial charge in [-0.3, -0.25) is 9.36 Å². The Bertz CT molecular complexity index is 1160. The third-order valence-electron chi connectivity index (χ3n) is 4.73. The predicted molar refractivity (Wildman–Crippen MR) is 118 cm³/mol. The molecule has 0 radical (unpaired) electrons. The molecule has 7 nitrogen and oxygen atoms in total. The first-order valence-electron chi connectivity index (χ1n) is 9.54. The molecule has 0 spiro atoms. The number of methoxy groups -OCH3 is 1. The minimum absolute atomic E-state index is 0.0984. The molecule has 0 fully saturated rings. The van der Waals surface area contributed by atoms with Crippen molar-refractivity contribution in [3.63, 3.8) is 0 Å².